The monoisotopic (exact) mass is 412 g/mol. The van der Waals surface area contributed by atoms with Crippen LogP contribution in [0.1, 0.15) is 25.0 Å². The fraction of sp³-hybridized carbons (Fsp3) is 0.286. The molecule has 2 aromatic carbocycles. The Kier molecular flexibility index (Phi) is 5.17. The molecule has 0 atom stereocenters. The molecule has 7 heteroatoms. The first-order valence-corrected chi connectivity index (χ1v) is 10.6. The van der Waals surface area contributed by atoms with Crippen molar-refractivity contribution < 1.29 is 0 Å². The minimum Gasteiger partial charge on any atom is -0.276 e. The molecule has 4 aromatic rings. The maximum absolute atomic E-state index is 13.1. The minimum atomic E-state index is -0.0821. The van der Waals surface area contributed by atoms with Crippen LogP contribution < -0.4 is 5.56 Å². The Morgan fingerprint density at radius 2 is 1.96 bits per heavy atom. The van der Waals surface area contributed by atoms with Crippen molar-refractivity contribution in [1.82, 2.24) is 19.2 Å². The Balaban J connectivity index is 1.87. The molecule has 2 aromatic heterocycles. The Morgan fingerprint density at radius 3 is 2.71 bits per heavy atom. The van der Waals surface area contributed by atoms with Crippen molar-refractivity contribution in [2.45, 2.75) is 38.2 Å². The molecule has 0 aliphatic rings. The lowest BCUT2D eigenvalue weighted by atomic mass is 10.2. The molecular formula is C21H21ClN4OS. The lowest BCUT2D eigenvalue weighted by Crippen LogP contribution is -2.25. The molecule has 28 heavy (non-hydrogen) atoms. The van der Waals surface area contributed by atoms with Crippen molar-refractivity contribution in [3.63, 3.8) is 0 Å². The van der Waals surface area contributed by atoms with Crippen LogP contribution in [-0.2, 0) is 12.3 Å². The standard InChI is InChI=1S/C21H21ClN4OS/c1-13(2)11-25-19(27)17-10-16(22)7-8-18(17)26-20(25)23-24-21(26)28-12-15-6-4-5-14(3)9-15/h4-10,13H,11-12H2,1-3H3. The first-order valence-electron chi connectivity index (χ1n) is 9.19. The van der Waals surface area contributed by atoms with Crippen LogP contribution in [0.5, 0.6) is 0 Å². The van der Waals surface area contributed by atoms with Gasteiger partial charge >= 0.3 is 0 Å². The first-order chi connectivity index (χ1) is 13.4. The number of halogens is 1. The minimum absolute atomic E-state index is 0.0821. The van der Waals surface area contributed by atoms with E-state index in [1.807, 2.05) is 10.5 Å². The van der Waals surface area contributed by atoms with E-state index in [-0.39, 0.29) is 5.56 Å². The SMILES string of the molecule is Cc1cccc(CSc2nnc3n(CC(C)C)c(=O)c4cc(Cl)ccc4n23)c1. The van der Waals surface area contributed by atoms with Crippen molar-refractivity contribution in [3.05, 3.63) is 69.0 Å². The molecule has 0 aliphatic carbocycles. The van der Waals surface area contributed by atoms with E-state index in [1.165, 1.54) is 11.1 Å². The van der Waals surface area contributed by atoms with Gasteiger partial charge in [-0.2, -0.15) is 0 Å². The van der Waals surface area contributed by atoms with Gasteiger partial charge in [-0.15, -0.1) is 10.2 Å². The molecule has 0 bridgehead atoms. The summed E-state index contributed by atoms with van der Waals surface area (Å²) < 4.78 is 3.67. The fourth-order valence-corrected chi connectivity index (χ4v) is 4.39. The van der Waals surface area contributed by atoms with E-state index in [1.54, 1.807) is 28.5 Å². The Bertz CT molecular complexity index is 1230. The summed E-state index contributed by atoms with van der Waals surface area (Å²) in [6.45, 7) is 6.82. The first kappa shape index (κ1) is 19.0. The van der Waals surface area contributed by atoms with Gasteiger partial charge in [-0.05, 0) is 36.6 Å². The van der Waals surface area contributed by atoms with Crippen molar-refractivity contribution in [2.75, 3.05) is 0 Å². The van der Waals surface area contributed by atoms with Gasteiger partial charge in [0.1, 0.15) is 0 Å². The van der Waals surface area contributed by atoms with Crippen LogP contribution in [0, 0.1) is 12.8 Å². The van der Waals surface area contributed by atoms with Gasteiger partial charge in [-0.3, -0.25) is 13.8 Å². The van der Waals surface area contributed by atoms with Crippen LogP contribution in [0.3, 0.4) is 0 Å². The van der Waals surface area contributed by atoms with Gasteiger partial charge in [-0.25, -0.2) is 0 Å². The zero-order valence-electron chi connectivity index (χ0n) is 16.0. The van der Waals surface area contributed by atoms with Gasteiger partial charge in [0.2, 0.25) is 5.78 Å². The number of thioether (sulfide) groups is 1. The Hall–Kier alpha value is -2.31. The van der Waals surface area contributed by atoms with Gasteiger partial charge in [-0.1, -0.05) is 67.0 Å². The van der Waals surface area contributed by atoms with Crippen LogP contribution in [0.25, 0.3) is 16.7 Å². The summed E-state index contributed by atoms with van der Waals surface area (Å²) in [5, 5.41) is 10.6. The van der Waals surface area contributed by atoms with Crippen LogP contribution >= 0.6 is 23.4 Å². The highest BCUT2D eigenvalue weighted by Gasteiger charge is 2.18. The van der Waals surface area contributed by atoms with Crippen molar-refractivity contribution in [1.29, 1.82) is 0 Å². The number of rotatable bonds is 5. The number of hydrogen-bond donors (Lipinski definition) is 0. The lowest BCUT2D eigenvalue weighted by molar-refractivity contribution is 0.517. The summed E-state index contributed by atoms with van der Waals surface area (Å²) in [6, 6.07) is 13.8. The maximum Gasteiger partial charge on any atom is 0.262 e. The van der Waals surface area contributed by atoms with E-state index >= 15 is 0 Å². The molecule has 0 fully saturated rings. The maximum atomic E-state index is 13.1. The van der Waals surface area contributed by atoms with Gasteiger partial charge in [0.25, 0.3) is 5.56 Å². The topological polar surface area (TPSA) is 52.2 Å². The summed E-state index contributed by atoms with van der Waals surface area (Å²) in [6.07, 6.45) is 0. The zero-order chi connectivity index (χ0) is 19.8. The largest absolute Gasteiger partial charge is 0.276 e. The molecule has 0 amide bonds. The number of hydrogen-bond acceptors (Lipinski definition) is 4. The fourth-order valence-electron chi connectivity index (χ4n) is 3.33. The van der Waals surface area contributed by atoms with Crippen molar-refractivity contribution in [2.24, 2.45) is 5.92 Å². The average molecular weight is 413 g/mol. The summed E-state index contributed by atoms with van der Waals surface area (Å²) in [5.74, 6) is 1.65. The van der Waals surface area contributed by atoms with E-state index < -0.39 is 0 Å². The van der Waals surface area contributed by atoms with Crippen molar-refractivity contribution in [3.8, 4) is 0 Å². The number of fused-ring (bicyclic) bond motifs is 3. The van der Waals surface area contributed by atoms with Gasteiger partial charge in [0.15, 0.2) is 5.16 Å². The molecule has 0 N–H and O–H groups in total. The summed E-state index contributed by atoms with van der Waals surface area (Å²) >= 11 is 7.79. The molecule has 0 saturated carbocycles. The lowest BCUT2D eigenvalue weighted by Gasteiger charge is -2.13. The smallest absolute Gasteiger partial charge is 0.262 e. The predicted octanol–water partition coefficient (Wildman–Crippen LogP) is 4.95. The Labute approximate surface area is 172 Å². The summed E-state index contributed by atoms with van der Waals surface area (Å²) in [7, 11) is 0. The summed E-state index contributed by atoms with van der Waals surface area (Å²) in [4.78, 5) is 13.1. The molecule has 144 valence electrons. The third-order valence-corrected chi connectivity index (χ3v) is 5.77. The second-order valence-electron chi connectivity index (χ2n) is 7.37. The van der Waals surface area contributed by atoms with Gasteiger partial charge < -0.3 is 0 Å². The number of aromatic nitrogens is 4. The molecule has 5 nitrogen and oxygen atoms in total. The molecule has 0 radical (unpaired) electrons. The second-order valence-corrected chi connectivity index (χ2v) is 8.75. The molecule has 2 heterocycles. The summed E-state index contributed by atoms with van der Waals surface area (Å²) in [5.41, 5.74) is 3.15. The molecular weight excluding hydrogens is 392 g/mol. The van der Waals surface area contributed by atoms with E-state index in [4.69, 9.17) is 11.6 Å². The highest BCUT2D eigenvalue weighted by atomic mass is 35.5. The van der Waals surface area contributed by atoms with Crippen LogP contribution in [0.2, 0.25) is 5.02 Å². The normalized spacial score (nSPS) is 11.8. The quantitative estimate of drug-likeness (QED) is 0.435. The molecule has 0 unspecified atom stereocenters. The van der Waals surface area contributed by atoms with Crippen LogP contribution in [0.15, 0.2) is 52.4 Å². The third-order valence-electron chi connectivity index (χ3n) is 4.53. The molecule has 0 aliphatic heterocycles. The van der Waals surface area contributed by atoms with Gasteiger partial charge in [0, 0.05) is 17.3 Å². The molecule has 0 saturated heterocycles. The number of aryl methyl sites for hydroxylation is 1. The van der Waals surface area contributed by atoms with Gasteiger partial charge in [0.05, 0.1) is 10.9 Å². The highest BCUT2D eigenvalue weighted by Crippen LogP contribution is 2.26. The van der Waals surface area contributed by atoms with Crippen LogP contribution in [-0.4, -0.2) is 19.2 Å². The Morgan fingerprint density at radius 1 is 1.14 bits per heavy atom. The predicted molar refractivity (Wildman–Crippen MR) is 115 cm³/mol. The number of nitrogens with zero attached hydrogens (tertiary/aromatic N) is 4. The molecule has 0 spiro atoms. The zero-order valence-corrected chi connectivity index (χ0v) is 17.6. The van der Waals surface area contributed by atoms with E-state index in [2.05, 4.69) is 55.2 Å². The second kappa shape index (κ2) is 7.60. The number of benzene rings is 2. The average Bonchev–Trinajstić information content (AvgIpc) is 3.07. The van der Waals surface area contributed by atoms with Crippen molar-refractivity contribution >= 4 is 40.0 Å². The van der Waals surface area contributed by atoms with Crippen LogP contribution in [0.4, 0.5) is 0 Å². The van der Waals surface area contributed by atoms with E-state index in [0.29, 0.717) is 28.6 Å². The van der Waals surface area contributed by atoms with E-state index in [0.717, 1.165) is 16.4 Å². The van der Waals surface area contributed by atoms with E-state index in [9.17, 15) is 4.79 Å². The highest BCUT2D eigenvalue weighted by molar-refractivity contribution is 7.98. The molecule has 4 rings (SSSR count). The third kappa shape index (κ3) is 3.54.